The van der Waals surface area contributed by atoms with E-state index in [-0.39, 0.29) is 24.5 Å². The molecule has 1 aromatic carbocycles. The van der Waals surface area contributed by atoms with Crippen molar-refractivity contribution in [3.8, 4) is 0 Å². The summed E-state index contributed by atoms with van der Waals surface area (Å²) in [4.78, 5) is 0. The van der Waals surface area contributed by atoms with E-state index >= 15 is 0 Å². The van der Waals surface area contributed by atoms with Crippen LogP contribution in [0, 0.1) is 11.6 Å². The third-order valence-corrected chi connectivity index (χ3v) is 2.13. The Kier molecular flexibility index (Phi) is 5.46. The molecule has 0 aromatic heterocycles. The summed E-state index contributed by atoms with van der Waals surface area (Å²) in [5.41, 5.74) is 0.358. The molecule has 0 atom stereocenters. The van der Waals surface area contributed by atoms with E-state index < -0.39 is 11.6 Å². The average molecular weight is 307 g/mol. The Balaban J connectivity index is 0.00000121. The molecule has 1 aromatic rings. The first-order valence-electron chi connectivity index (χ1n) is 2.84. The average Bonchev–Trinajstić information content (AvgIpc) is 1.97. The van der Waals surface area contributed by atoms with Crippen molar-refractivity contribution in [2.45, 2.75) is 5.33 Å². The minimum atomic E-state index is -0.728. The van der Waals surface area contributed by atoms with Crippen LogP contribution in [0.25, 0.3) is 0 Å². The smallest absolute Gasteiger partial charge is 0.144 e. The first kappa shape index (κ1) is 12.5. The van der Waals surface area contributed by atoms with Crippen LogP contribution in [0.1, 0.15) is 5.56 Å². The largest absolute Gasteiger partial charge is 0.207 e. The number of hydrogen-bond donors (Lipinski definition) is 0. The van der Waals surface area contributed by atoms with E-state index in [4.69, 9.17) is 11.6 Å². The zero-order valence-corrected chi connectivity index (χ0v) is 11.4. The second kappa shape index (κ2) is 5.26. The van der Waals surface area contributed by atoms with Crippen molar-refractivity contribution in [3.63, 3.8) is 0 Å². The maximum absolute atomic E-state index is 12.7. The van der Waals surface area contributed by atoms with Crippen molar-refractivity contribution in [1.82, 2.24) is 0 Å². The molecule has 12 heavy (non-hydrogen) atoms. The molecule has 0 saturated heterocycles. The molecule has 0 saturated carbocycles. The van der Waals surface area contributed by atoms with Gasteiger partial charge in [-0.15, -0.1) is 0 Å². The fourth-order valence-corrected chi connectivity index (χ4v) is 1.28. The summed E-state index contributed by atoms with van der Waals surface area (Å²) in [6.45, 7) is 0. The molecule has 0 aliphatic heterocycles. The van der Waals surface area contributed by atoms with Gasteiger partial charge in [-0.05, 0) is 6.07 Å². The van der Waals surface area contributed by atoms with E-state index in [1.54, 1.807) is 0 Å². The van der Waals surface area contributed by atoms with Crippen molar-refractivity contribution in [2.24, 2.45) is 0 Å². The predicted molar refractivity (Wildman–Crippen MR) is 44.0 cm³/mol. The van der Waals surface area contributed by atoms with Crippen LogP contribution in [0.15, 0.2) is 12.1 Å². The van der Waals surface area contributed by atoms with Crippen LogP contribution in [0.4, 0.5) is 8.78 Å². The van der Waals surface area contributed by atoms with Crippen LogP contribution in [0.2, 0.25) is 5.02 Å². The van der Waals surface area contributed by atoms with Gasteiger partial charge in [0.15, 0.2) is 0 Å². The normalized spacial score (nSPS) is 9.33. The third-order valence-electron chi connectivity index (χ3n) is 1.23. The molecule has 1 rings (SSSR count). The van der Waals surface area contributed by atoms with E-state index in [0.29, 0.717) is 10.9 Å². The van der Waals surface area contributed by atoms with E-state index in [1.165, 1.54) is 6.07 Å². The van der Waals surface area contributed by atoms with E-state index in [1.807, 2.05) is 0 Å². The van der Waals surface area contributed by atoms with Gasteiger partial charge in [-0.25, -0.2) is 8.78 Å². The second-order valence-electron chi connectivity index (χ2n) is 1.99. The van der Waals surface area contributed by atoms with E-state index in [2.05, 4.69) is 15.9 Å². The molecular weight excluding hydrogens is 303 g/mol. The van der Waals surface area contributed by atoms with Crippen LogP contribution in [-0.4, -0.2) is 0 Å². The minimum absolute atomic E-state index is 0. The van der Waals surface area contributed by atoms with Crippen LogP contribution in [0.3, 0.4) is 0 Å². The van der Waals surface area contributed by atoms with Crippen molar-refractivity contribution < 1.29 is 28.3 Å². The van der Waals surface area contributed by atoms with Crippen molar-refractivity contribution in [2.75, 3.05) is 0 Å². The summed E-state index contributed by atoms with van der Waals surface area (Å²) >= 11 is 8.45. The maximum atomic E-state index is 12.7. The molecule has 0 N–H and O–H groups in total. The van der Waals surface area contributed by atoms with Crippen LogP contribution in [0.5, 0.6) is 0 Å². The predicted octanol–water partition coefficient (Wildman–Crippen LogP) is 3.51. The zero-order chi connectivity index (χ0) is 8.43. The number of alkyl halides is 1. The van der Waals surface area contributed by atoms with E-state index in [0.717, 1.165) is 6.07 Å². The Hall–Kier alpha value is 0.473. The number of benzene rings is 1. The monoisotopic (exact) mass is 304 g/mol. The van der Waals surface area contributed by atoms with Gasteiger partial charge in [0.25, 0.3) is 0 Å². The molecular formula is C7H4BrClF2Zn. The Labute approximate surface area is 95.2 Å². The van der Waals surface area contributed by atoms with Gasteiger partial charge in [-0.3, -0.25) is 0 Å². The molecule has 0 spiro atoms. The Bertz CT molecular complexity index is 280. The third kappa shape index (κ3) is 2.75. The summed E-state index contributed by atoms with van der Waals surface area (Å²) in [5, 5.41) is 0.277. The van der Waals surface area contributed by atoms with Gasteiger partial charge in [0, 0.05) is 36.4 Å². The van der Waals surface area contributed by atoms with Gasteiger partial charge in [-0.1, -0.05) is 27.5 Å². The quantitative estimate of drug-likeness (QED) is 0.423. The molecule has 0 bridgehead atoms. The fraction of sp³-hybridized carbons (Fsp3) is 0.143. The number of rotatable bonds is 1. The summed E-state index contributed by atoms with van der Waals surface area (Å²) in [6.07, 6.45) is 0. The van der Waals surface area contributed by atoms with Crippen molar-refractivity contribution >= 4 is 27.5 Å². The standard InChI is InChI=1S/C7H4BrClF2.Zn/c8-3-4-1-5(9)7(11)2-6(4)10;/h1-2H,3H2;. The second-order valence-corrected chi connectivity index (χ2v) is 2.96. The summed E-state index contributed by atoms with van der Waals surface area (Å²) < 4.78 is 25.2. The van der Waals surface area contributed by atoms with Gasteiger partial charge < -0.3 is 0 Å². The molecule has 0 radical (unpaired) electrons. The van der Waals surface area contributed by atoms with Crippen molar-refractivity contribution in [3.05, 3.63) is 34.4 Å². The molecule has 62 valence electrons. The minimum Gasteiger partial charge on any atom is -0.207 e. The molecule has 0 fully saturated rings. The Morgan fingerprint density at radius 2 is 1.83 bits per heavy atom. The summed E-state index contributed by atoms with van der Waals surface area (Å²) in [5.74, 6) is -1.31. The van der Waals surface area contributed by atoms with E-state index in [9.17, 15) is 8.78 Å². The topological polar surface area (TPSA) is 0 Å². The van der Waals surface area contributed by atoms with Crippen LogP contribution in [-0.2, 0) is 24.8 Å². The van der Waals surface area contributed by atoms with Gasteiger partial charge in [0.1, 0.15) is 11.6 Å². The summed E-state index contributed by atoms with van der Waals surface area (Å²) in [6, 6.07) is 2.04. The molecule has 0 aliphatic carbocycles. The van der Waals surface area contributed by atoms with Crippen molar-refractivity contribution in [1.29, 1.82) is 0 Å². The summed E-state index contributed by atoms with van der Waals surface area (Å²) in [7, 11) is 0. The molecule has 0 amide bonds. The zero-order valence-electron chi connectivity index (χ0n) is 6.08. The number of halogens is 4. The van der Waals surface area contributed by atoms with Gasteiger partial charge in [0.2, 0.25) is 0 Å². The van der Waals surface area contributed by atoms with Crippen LogP contribution < -0.4 is 0 Å². The van der Waals surface area contributed by atoms with Crippen LogP contribution >= 0.6 is 27.5 Å². The van der Waals surface area contributed by atoms with Gasteiger partial charge in [-0.2, -0.15) is 0 Å². The molecule has 5 heteroatoms. The molecule has 0 nitrogen and oxygen atoms in total. The number of hydrogen-bond acceptors (Lipinski definition) is 0. The molecule has 0 unspecified atom stereocenters. The fourth-order valence-electron chi connectivity index (χ4n) is 0.666. The SMILES string of the molecule is Fc1cc(F)c(CBr)cc1Cl.[Zn]. The first-order chi connectivity index (χ1) is 5.15. The molecule has 0 aliphatic rings. The first-order valence-corrected chi connectivity index (χ1v) is 4.34. The van der Waals surface area contributed by atoms with Gasteiger partial charge >= 0.3 is 0 Å². The van der Waals surface area contributed by atoms with Gasteiger partial charge in [0.05, 0.1) is 5.02 Å². The Morgan fingerprint density at radius 3 is 2.33 bits per heavy atom. The Morgan fingerprint density at radius 1 is 1.25 bits per heavy atom. The maximum Gasteiger partial charge on any atom is 0.144 e. The molecule has 0 heterocycles.